The van der Waals surface area contributed by atoms with Crippen molar-refractivity contribution in [1.82, 2.24) is 15.5 Å². The zero-order chi connectivity index (χ0) is 16.5. The van der Waals surface area contributed by atoms with E-state index >= 15 is 0 Å². The number of carbonyl (C=O) groups is 2. The van der Waals surface area contributed by atoms with Gasteiger partial charge in [-0.3, -0.25) is 15.0 Å². The minimum atomic E-state index is -1.23. The summed E-state index contributed by atoms with van der Waals surface area (Å²) in [5.41, 5.74) is 0.624. The first-order chi connectivity index (χ1) is 10.5. The van der Waals surface area contributed by atoms with Crippen LogP contribution in [-0.2, 0) is 0 Å². The number of hydrogen-bond acceptors (Lipinski definition) is 4. The summed E-state index contributed by atoms with van der Waals surface area (Å²) in [6.45, 7) is 5.37. The smallest absolute Gasteiger partial charge is 0.410 e. The van der Waals surface area contributed by atoms with Gasteiger partial charge in [-0.15, -0.1) is 0 Å². The van der Waals surface area contributed by atoms with Crippen LogP contribution in [-0.4, -0.2) is 46.3 Å². The Kier molecular flexibility index (Phi) is 7.48. The van der Waals surface area contributed by atoms with Gasteiger partial charge in [0.05, 0.1) is 6.17 Å². The van der Waals surface area contributed by atoms with Crippen LogP contribution in [0.5, 0.6) is 0 Å². The number of carbonyl (C=O) groups excluding carboxylic acids is 1. The molecular weight excluding hydrogens is 302 g/mol. The normalized spacial score (nSPS) is 11.8. The Bertz CT molecular complexity index is 518. The molecule has 1 amide bonds. The summed E-state index contributed by atoms with van der Waals surface area (Å²) >= 11 is 4.95. The van der Waals surface area contributed by atoms with Crippen LogP contribution in [0.1, 0.15) is 30.6 Å². The molecule has 0 heterocycles. The molecule has 7 heteroatoms. The fourth-order valence-corrected chi connectivity index (χ4v) is 2.36. The van der Waals surface area contributed by atoms with Crippen molar-refractivity contribution < 1.29 is 14.7 Å². The topological polar surface area (TPSA) is 81.7 Å². The number of thiocarbonyl (C=S) groups is 1. The molecule has 1 unspecified atom stereocenters. The lowest BCUT2D eigenvalue weighted by Crippen LogP contribution is -2.52. The number of amides is 1. The molecule has 0 spiro atoms. The number of nitrogens with zero attached hydrogens (tertiary/aromatic N) is 1. The van der Waals surface area contributed by atoms with E-state index in [0.29, 0.717) is 18.7 Å². The summed E-state index contributed by atoms with van der Waals surface area (Å²) in [4.78, 5) is 25.0. The van der Waals surface area contributed by atoms with Gasteiger partial charge in [0.15, 0.2) is 10.9 Å². The minimum absolute atomic E-state index is 0.00902. The van der Waals surface area contributed by atoms with Crippen LogP contribution in [0.2, 0.25) is 0 Å². The van der Waals surface area contributed by atoms with E-state index in [0.717, 1.165) is 0 Å². The molecule has 0 aliphatic heterocycles. The van der Waals surface area contributed by atoms with Crippen molar-refractivity contribution in [3.05, 3.63) is 35.9 Å². The molecular formula is C15H21N3O3S. The number of ketones is 1. The highest BCUT2D eigenvalue weighted by Gasteiger charge is 2.21. The van der Waals surface area contributed by atoms with Crippen molar-refractivity contribution in [2.45, 2.75) is 26.4 Å². The predicted molar refractivity (Wildman–Crippen MR) is 89.0 cm³/mol. The number of Topliss-reactive ketones (excluding diaryl/α,β-unsaturated/α-hetero) is 1. The fourth-order valence-electron chi connectivity index (χ4n) is 2.14. The molecule has 0 aliphatic rings. The lowest BCUT2D eigenvalue weighted by molar-refractivity contribution is 0.0915. The van der Waals surface area contributed by atoms with E-state index in [9.17, 15) is 9.59 Å². The summed E-state index contributed by atoms with van der Waals surface area (Å²) in [7, 11) is 0. The second-order valence-electron chi connectivity index (χ2n) is 4.63. The number of carboxylic acid groups (broad SMARTS) is 1. The molecule has 22 heavy (non-hydrogen) atoms. The molecule has 0 bridgehead atoms. The first-order valence-electron chi connectivity index (χ1n) is 7.10. The van der Waals surface area contributed by atoms with Crippen LogP contribution in [0, 0.1) is 0 Å². The van der Waals surface area contributed by atoms with E-state index in [-0.39, 0.29) is 23.5 Å². The van der Waals surface area contributed by atoms with E-state index < -0.39 is 6.09 Å². The zero-order valence-corrected chi connectivity index (χ0v) is 13.5. The van der Waals surface area contributed by atoms with Crippen LogP contribution in [0.3, 0.4) is 0 Å². The maximum absolute atomic E-state index is 12.3. The summed E-state index contributed by atoms with van der Waals surface area (Å²) in [5.74, 6) is -0.0249. The number of rotatable bonds is 7. The maximum atomic E-state index is 12.3. The lowest BCUT2D eigenvalue weighted by Gasteiger charge is -2.30. The van der Waals surface area contributed by atoms with Gasteiger partial charge in [0.1, 0.15) is 0 Å². The van der Waals surface area contributed by atoms with Gasteiger partial charge in [-0.2, -0.15) is 0 Å². The third kappa shape index (κ3) is 5.79. The first-order valence-corrected chi connectivity index (χ1v) is 7.51. The molecule has 0 aromatic heterocycles. The molecule has 3 N–H and O–H groups in total. The molecule has 0 fully saturated rings. The summed E-state index contributed by atoms with van der Waals surface area (Å²) in [6.07, 6.45) is -1.39. The van der Waals surface area contributed by atoms with Crippen molar-refractivity contribution in [2.24, 2.45) is 0 Å². The molecule has 1 aromatic rings. The van der Waals surface area contributed by atoms with Crippen molar-refractivity contribution in [3.8, 4) is 0 Å². The second kappa shape index (κ2) is 9.11. The Morgan fingerprint density at radius 1 is 1.23 bits per heavy atom. The van der Waals surface area contributed by atoms with Crippen LogP contribution in [0.15, 0.2) is 30.3 Å². The average Bonchev–Trinajstić information content (AvgIpc) is 2.48. The Hall–Kier alpha value is -1.99. The monoisotopic (exact) mass is 323 g/mol. The first kappa shape index (κ1) is 18.1. The van der Waals surface area contributed by atoms with Crippen molar-refractivity contribution >= 4 is 29.2 Å². The highest BCUT2D eigenvalue weighted by molar-refractivity contribution is 7.80. The second-order valence-corrected chi connectivity index (χ2v) is 5.04. The third-order valence-corrected chi connectivity index (χ3v) is 3.47. The molecule has 0 saturated carbocycles. The molecule has 1 aromatic carbocycles. The van der Waals surface area contributed by atoms with Crippen LogP contribution in [0.25, 0.3) is 0 Å². The fraction of sp³-hybridized carbons (Fsp3) is 0.400. The van der Waals surface area contributed by atoms with E-state index in [1.807, 2.05) is 36.9 Å². The number of benzene rings is 1. The van der Waals surface area contributed by atoms with Gasteiger partial charge in [-0.05, 0) is 25.3 Å². The largest absolute Gasteiger partial charge is 0.465 e. The van der Waals surface area contributed by atoms with Crippen LogP contribution < -0.4 is 10.6 Å². The van der Waals surface area contributed by atoms with Gasteiger partial charge < -0.3 is 10.4 Å². The van der Waals surface area contributed by atoms with Crippen LogP contribution in [0.4, 0.5) is 4.79 Å². The number of hydrogen-bond donors (Lipinski definition) is 3. The van der Waals surface area contributed by atoms with Gasteiger partial charge in [0, 0.05) is 12.0 Å². The molecule has 1 atom stereocenters. The maximum Gasteiger partial charge on any atom is 0.410 e. The van der Waals surface area contributed by atoms with Gasteiger partial charge in [-0.25, -0.2) is 4.79 Å². The van der Waals surface area contributed by atoms with Crippen molar-refractivity contribution in [1.29, 1.82) is 0 Å². The quantitative estimate of drug-likeness (QED) is 0.405. The average molecular weight is 323 g/mol. The van der Waals surface area contributed by atoms with Gasteiger partial charge in [-0.1, -0.05) is 44.2 Å². The molecule has 6 nitrogen and oxygen atoms in total. The Labute approximate surface area is 135 Å². The SMILES string of the molecule is CCN(CC)C(CC(=O)c1ccccc1)NC(=S)NC(=O)O. The standard InChI is InChI=1S/C15H21N3O3S/c1-3-18(4-2)13(16-14(22)17-15(20)21)10-12(19)11-8-6-5-7-9-11/h5-9,13H,3-4,10H2,1-2H3,(H,20,21)(H2,16,17,22). The molecule has 0 aliphatic carbocycles. The van der Waals surface area contributed by atoms with E-state index in [1.165, 1.54) is 0 Å². The van der Waals surface area contributed by atoms with Gasteiger partial charge >= 0.3 is 6.09 Å². The molecule has 120 valence electrons. The molecule has 1 rings (SSSR count). The van der Waals surface area contributed by atoms with E-state index in [2.05, 4.69) is 10.6 Å². The summed E-state index contributed by atoms with van der Waals surface area (Å²) in [5, 5.41) is 13.7. The highest BCUT2D eigenvalue weighted by atomic mass is 32.1. The Balaban J connectivity index is 2.79. The number of nitrogens with one attached hydrogen (secondary N) is 2. The van der Waals surface area contributed by atoms with Crippen LogP contribution >= 0.6 is 12.2 Å². The molecule has 0 radical (unpaired) electrons. The lowest BCUT2D eigenvalue weighted by atomic mass is 10.1. The van der Waals surface area contributed by atoms with E-state index in [4.69, 9.17) is 17.3 Å². The molecule has 0 saturated heterocycles. The predicted octanol–water partition coefficient (Wildman–Crippen LogP) is 2.07. The summed E-state index contributed by atoms with van der Waals surface area (Å²) in [6, 6.07) is 8.99. The zero-order valence-electron chi connectivity index (χ0n) is 12.7. The van der Waals surface area contributed by atoms with Crippen molar-refractivity contribution in [3.63, 3.8) is 0 Å². The van der Waals surface area contributed by atoms with Crippen molar-refractivity contribution in [2.75, 3.05) is 13.1 Å². The minimum Gasteiger partial charge on any atom is -0.465 e. The summed E-state index contributed by atoms with van der Waals surface area (Å²) < 4.78 is 0. The van der Waals surface area contributed by atoms with Gasteiger partial charge in [0.2, 0.25) is 0 Å². The highest BCUT2D eigenvalue weighted by Crippen LogP contribution is 2.09. The Morgan fingerprint density at radius 3 is 2.32 bits per heavy atom. The third-order valence-electron chi connectivity index (χ3n) is 3.25. The van der Waals surface area contributed by atoms with E-state index in [1.54, 1.807) is 12.1 Å². The van der Waals surface area contributed by atoms with Gasteiger partial charge in [0.25, 0.3) is 0 Å². The Morgan fingerprint density at radius 2 is 1.82 bits per heavy atom.